The van der Waals surface area contributed by atoms with E-state index in [1.54, 1.807) is 14.2 Å². The second-order valence-corrected chi connectivity index (χ2v) is 2.65. The highest BCUT2D eigenvalue weighted by Gasteiger charge is 2.16. The minimum atomic E-state index is -0.195. The maximum atomic E-state index is 5.51. The van der Waals surface area contributed by atoms with Crippen molar-refractivity contribution in [2.24, 2.45) is 12.8 Å². The van der Waals surface area contributed by atoms with Crippen molar-refractivity contribution >= 4 is 5.95 Å². The van der Waals surface area contributed by atoms with E-state index in [2.05, 4.69) is 15.5 Å². The Morgan fingerprint density at radius 3 is 2.69 bits per heavy atom. The monoisotopic (exact) mass is 185 g/mol. The van der Waals surface area contributed by atoms with Crippen molar-refractivity contribution in [2.75, 3.05) is 26.0 Å². The van der Waals surface area contributed by atoms with Crippen molar-refractivity contribution in [1.82, 2.24) is 14.8 Å². The molecule has 0 aliphatic carbocycles. The summed E-state index contributed by atoms with van der Waals surface area (Å²) in [6.45, 7) is 0.395. The van der Waals surface area contributed by atoms with Gasteiger partial charge in [0.05, 0.1) is 0 Å². The van der Waals surface area contributed by atoms with E-state index in [4.69, 9.17) is 10.5 Å². The highest BCUT2D eigenvalue weighted by molar-refractivity contribution is 5.24. The van der Waals surface area contributed by atoms with Crippen molar-refractivity contribution in [1.29, 1.82) is 0 Å². The molecule has 0 spiro atoms. The van der Waals surface area contributed by atoms with E-state index >= 15 is 0 Å². The van der Waals surface area contributed by atoms with E-state index in [0.717, 1.165) is 5.82 Å². The molecule has 0 fully saturated rings. The summed E-state index contributed by atoms with van der Waals surface area (Å²) in [6.07, 6.45) is -0.195. The number of hydrogen-bond donors (Lipinski definition) is 2. The van der Waals surface area contributed by atoms with E-state index in [9.17, 15) is 0 Å². The van der Waals surface area contributed by atoms with Gasteiger partial charge in [0.1, 0.15) is 6.10 Å². The van der Waals surface area contributed by atoms with Gasteiger partial charge in [-0.25, -0.2) is 0 Å². The van der Waals surface area contributed by atoms with Gasteiger partial charge in [-0.1, -0.05) is 0 Å². The van der Waals surface area contributed by atoms with Gasteiger partial charge in [-0.15, -0.1) is 10.2 Å². The quantitative estimate of drug-likeness (QED) is 0.661. The number of nitrogens with one attached hydrogen (secondary N) is 1. The van der Waals surface area contributed by atoms with E-state index < -0.39 is 0 Å². The Morgan fingerprint density at radius 1 is 1.62 bits per heavy atom. The van der Waals surface area contributed by atoms with Crippen LogP contribution < -0.4 is 11.1 Å². The lowest BCUT2D eigenvalue weighted by atomic mass is 10.3. The van der Waals surface area contributed by atoms with Crippen LogP contribution in [0.5, 0.6) is 0 Å². The first kappa shape index (κ1) is 9.94. The van der Waals surface area contributed by atoms with Gasteiger partial charge in [0.15, 0.2) is 5.82 Å². The van der Waals surface area contributed by atoms with Crippen molar-refractivity contribution in [3.8, 4) is 0 Å². The van der Waals surface area contributed by atoms with Crippen LogP contribution in [-0.2, 0) is 11.8 Å². The molecule has 0 amide bonds. The van der Waals surface area contributed by atoms with Gasteiger partial charge in [0.25, 0.3) is 0 Å². The lowest BCUT2D eigenvalue weighted by Crippen LogP contribution is -2.18. The predicted molar refractivity (Wildman–Crippen MR) is 49.4 cm³/mol. The number of rotatable bonds is 4. The SMILES string of the molecule is CNc1nnc(C(CN)OC)n1C. The fraction of sp³-hybridized carbons (Fsp3) is 0.714. The highest BCUT2D eigenvalue weighted by atomic mass is 16.5. The van der Waals surface area contributed by atoms with Crippen LogP contribution in [0.2, 0.25) is 0 Å². The lowest BCUT2D eigenvalue weighted by Gasteiger charge is -2.11. The van der Waals surface area contributed by atoms with Gasteiger partial charge >= 0.3 is 0 Å². The zero-order valence-corrected chi connectivity index (χ0v) is 8.11. The van der Waals surface area contributed by atoms with Gasteiger partial charge in [0.2, 0.25) is 5.95 Å². The van der Waals surface area contributed by atoms with Crippen LogP contribution in [0.3, 0.4) is 0 Å². The van der Waals surface area contributed by atoms with Crippen LogP contribution in [-0.4, -0.2) is 35.5 Å². The molecule has 1 heterocycles. The second kappa shape index (κ2) is 4.20. The number of hydrogen-bond acceptors (Lipinski definition) is 5. The van der Waals surface area contributed by atoms with Crippen LogP contribution in [0.4, 0.5) is 5.95 Å². The molecule has 6 nitrogen and oxygen atoms in total. The van der Waals surface area contributed by atoms with Gasteiger partial charge in [-0.3, -0.25) is 4.57 Å². The highest BCUT2D eigenvalue weighted by Crippen LogP contribution is 2.14. The summed E-state index contributed by atoms with van der Waals surface area (Å²) < 4.78 is 6.97. The number of nitrogens with zero attached hydrogens (tertiary/aromatic N) is 3. The fourth-order valence-electron chi connectivity index (χ4n) is 1.15. The smallest absolute Gasteiger partial charge is 0.224 e. The van der Waals surface area contributed by atoms with Crippen molar-refractivity contribution < 1.29 is 4.74 Å². The molecule has 0 aliphatic heterocycles. The Bertz CT molecular complexity index is 268. The average Bonchev–Trinajstić information content (AvgIpc) is 2.50. The fourth-order valence-corrected chi connectivity index (χ4v) is 1.15. The van der Waals surface area contributed by atoms with Crippen LogP contribution in [0.25, 0.3) is 0 Å². The molecule has 0 saturated heterocycles. The Hall–Kier alpha value is -1.14. The third-order valence-electron chi connectivity index (χ3n) is 1.92. The summed E-state index contributed by atoms with van der Waals surface area (Å²) in [5.74, 6) is 1.43. The standard InChI is InChI=1S/C7H15N5O/c1-9-7-11-10-6(12(7)2)5(4-8)13-3/h5H,4,8H2,1-3H3,(H,9,11). The maximum absolute atomic E-state index is 5.51. The first-order valence-corrected chi connectivity index (χ1v) is 4.04. The molecule has 1 atom stereocenters. The number of methoxy groups -OCH3 is 1. The van der Waals surface area contributed by atoms with Gasteiger partial charge in [0, 0.05) is 27.7 Å². The van der Waals surface area contributed by atoms with E-state index in [1.807, 2.05) is 11.6 Å². The van der Waals surface area contributed by atoms with Crippen molar-refractivity contribution in [3.05, 3.63) is 5.82 Å². The predicted octanol–water partition coefficient (Wildman–Crippen LogP) is -0.497. The van der Waals surface area contributed by atoms with E-state index in [0.29, 0.717) is 12.5 Å². The summed E-state index contributed by atoms with van der Waals surface area (Å²) in [7, 11) is 5.26. The molecule has 1 aromatic heterocycles. The molecular weight excluding hydrogens is 170 g/mol. The third kappa shape index (κ3) is 1.78. The molecule has 0 bridgehead atoms. The second-order valence-electron chi connectivity index (χ2n) is 2.65. The normalized spacial score (nSPS) is 12.9. The molecular formula is C7H15N5O. The van der Waals surface area contributed by atoms with Gasteiger partial charge in [-0.05, 0) is 0 Å². The minimum Gasteiger partial charge on any atom is -0.372 e. The first-order chi connectivity index (χ1) is 6.24. The summed E-state index contributed by atoms with van der Waals surface area (Å²) >= 11 is 0. The maximum Gasteiger partial charge on any atom is 0.224 e. The zero-order chi connectivity index (χ0) is 9.84. The topological polar surface area (TPSA) is 78.0 Å². The van der Waals surface area contributed by atoms with E-state index in [-0.39, 0.29) is 6.10 Å². The van der Waals surface area contributed by atoms with Crippen LogP contribution in [0, 0.1) is 0 Å². The molecule has 74 valence electrons. The number of anilines is 1. The first-order valence-electron chi connectivity index (χ1n) is 4.04. The molecule has 6 heteroatoms. The minimum absolute atomic E-state index is 0.195. The van der Waals surface area contributed by atoms with Crippen LogP contribution in [0.1, 0.15) is 11.9 Å². The molecule has 1 rings (SSSR count). The lowest BCUT2D eigenvalue weighted by molar-refractivity contribution is 0.100. The summed E-state index contributed by atoms with van der Waals surface area (Å²) in [6, 6.07) is 0. The molecule has 0 aromatic carbocycles. The molecule has 3 N–H and O–H groups in total. The van der Waals surface area contributed by atoms with Crippen molar-refractivity contribution in [3.63, 3.8) is 0 Å². The molecule has 0 saturated carbocycles. The zero-order valence-electron chi connectivity index (χ0n) is 8.11. The largest absolute Gasteiger partial charge is 0.372 e. The Labute approximate surface area is 77.1 Å². The van der Waals surface area contributed by atoms with Gasteiger partial charge in [-0.2, -0.15) is 0 Å². The Kier molecular flexibility index (Phi) is 3.21. The Morgan fingerprint density at radius 2 is 2.31 bits per heavy atom. The Balaban J connectivity index is 2.93. The number of aromatic nitrogens is 3. The molecule has 1 unspecified atom stereocenters. The van der Waals surface area contributed by atoms with Crippen LogP contribution >= 0.6 is 0 Å². The summed E-state index contributed by atoms with van der Waals surface area (Å²) in [4.78, 5) is 0. The average molecular weight is 185 g/mol. The number of ether oxygens (including phenoxy) is 1. The molecule has 0 radical (unpaired) electrons. The summed E-state index contributed by atoms with van der Waals surface area (Å²) in [5, 5.41) is 10.8. The van der Waals surface area contributed by atoms with Crippen LogP contribution in [0.15, 0.2) is 0 Å². The van der Waals surface area contributed by atoms with E-state index in [1.165, 1.54) is 0 Å². The summed E-state index contributed by atoms with van der Waals surface area (Å²) in [5.41, 5.74) is 5.51. The number of nitrogens with two attached hydrogens (primary N) is 1. The molecule has 1 aromatic rings. The van der Waals surface area contributed by atoms with Gasteiger partial charge < -0.3 is 15.8 Å². The third-order valence-corrected chi connectivity index (χ3v) is 1.92. The van der Waals surface area contributed by atoms with Crippen molar-refractivity contribution in [2.45, 2.75) is 6.10 Å². The molecule has 0 aliphatic rings. The molecule has 13 heavy (non-hydrogen) atoms.